The third kappa shape index (κ3) is 3.89. The van der Waals surface area contributed by atoms with Gasteiger partial charge in [0.25, 0.3) is 16.0 Å². The van der Waals surface area contributed by atoms with Crippen molar-refractivity contribution in [2.45, 2.75) is 4.90 Å². The molecule has 0 aliphatic carbocycles. The Kier molecular flexibility index (Phi) is 5.11. The van der Waals surface area contributed by atoms with E-state index in [-0.39, 0.29) is 38.1 Å². The molecule has 5 rings (SSSR count). The van der Waals surface area contributed by atoms with E-state index in [4.69, 9.17) is 9.15 Å². The smallest absolute Gasteiger partial charge is 0.322 e. The zero-order valence-corrected chi connectivity index (χ0v) is 18.7. The summed E-state index contributed by atoms with van der Waals surface area (Å²) in [6, 6.07) is 10.5. The van der Waals surface area contributed by atoms with Gasteiger partial charge in [-0.2, -0.15) is 13.4 Å². The molecule has 0 spiro atoms. The number of hydrogen-bond acceptors (Lipinski definition) is 11. The van der Waals surface area contributed by atoms with Crippen molar-refractivity contribution in [1.82, 2.24) is 15.2 Å². The van der Waals surface area contributed by atoms with Crippen molar-refractivity contribution in [3.05, 3.63) is 57.9 Å². The van der Waals surface area contributed by atoms with Crippen molar-refractivity contribution >= 4 is 44.1 Å². The average Bonchev–Trinajstić information content (AvgIpc) is 3.49. The molecule has 3 heterocycles. The number of carbonyl (C=O) groups excluding carboxylic acids is 1. The average molecular weight is 499 g/mol. The van der Waals surface area contributed by atoms with Gasteiger partial charge in [0, 0.05) is 10.8 Å². The van der Waals surface area contributed by atoms with Crippen molar-refractivity contribution in [3.8, 4) is 23.1 Å². The normalized spacial score (nSPS) is 13.0. The molecule has 12 nitrogen and oxygen atoms in total. The minimum atomic E-state index is -4.51. The number of nitrogens with one attached hydrogen (secondary N) is 1. The number of nitrogens with zero attached hydrogens (tertiary/aromatic N) is 4. The maximum Gasteiger partial charge on any atom is 0.322 e. The van der Waals surface area contributed by atoms with Crippen LogP contribution in [0.25, 0.3) is 17.0 Å². The number of aromatic hydroxyl groups is 1. The molecule has 4 aromatic rings. The van der Waals surface area contributed by atoms with Gasteiger partial charge in [0.2, 0.25) is 11.8 Å². The molecule has 0 bridgehead atoms. The highest BCUT2D eigenvalue weighted by Gasteiger charge is 2.26. The minimum absolute atomic E-state index is 0.00684. The van der Waals surface area contributed by atoms with Crippen molar-refractivity contribution in [1.29, 1.82) is 0 Å². The monoisotopic (exact) mass is 499 g/mol. The molecule has 1 amide bonds. The Morgan fingerprint density at radius 3 is 2.59 bits per heavy atom. The van der Waals surface area contributed by atoms with Gasteiger partial charge in [0.05, 0.1) is 22.9 Å². The van der Waals surface area contributed by atoms with Crippen LogP contribution in [0.15, 0.2) is 56.8 Å². The summed E-state index contributed by atoms with van der Waals surface area (Å²) in [6.07, 6.45) is 0. The number of thiazole rings is 1. The number of methoxy groups -OCH3 is 1. The first-order chi connectivity index (χ1) is 16.2. The van der Waals surface area contributed by atoms with E-state index in [1.165, 1.54) is 6.07 Å². The zero-order valence-electron chi connectivity index (χ0n) is 17.1. The summed E-state index contributed by atoms with van der Waals surface area (Å²) in [5.41, 5.74) is 0.608. The van der Waals surface area contributed by atoms with Gasteiger partial charge in [-0.05, 0) is 42.5 Å². The Labute approximate surface area is 194 Å². The number of rotatable bonds is 6. The molecule has 0 unspecified atom stereocenters. The zero-order chi connectivity index (χ0) is 24.0. The lowest BCUT2D eigenvalue weighted by molar-refractivity contribution is -0.112. The third-order valence-electron chi connectivity index (χ3n) is 4.78. The maximum absolute atomic E-state index is 12.5. The first-order valence-corrected chi connectivity index (χ1v) is 11.7. The van der Waals surface area contributed by atoms with Crippen LogP contribution >= 0.6 is 11.3 Å². The Hall–Kier alpha value is -4.14. The second-order valence-corrected chi connectivity index (χ2v) is 9.30. The topological polar surface area (TPSA) is 177 Å². The number of anilines is 2. The number of benzene rings is 2. The first kappa shape index (κ1) is 21.7. The van der Waals surface area contributed by atoms with Gasteiger partial charge >= 0.3 is 6.01 Å². The lowest BCUT2D eigenvalue weighted by Crippen LogP contribution is -2.24. The predicted molar refractivity (Wildman–Crippen MR) is 118 cm³/mol. The van der Waals surface area contributed by atoms with Crippen molar-refractivity contribution in [2.75, 3.05) is 12.4 Å². The summed E-state index contributed by atoms with van der Waals surface area (Å²) in [5.74, 6) is -0.265. The molecule has 3 N–H and O–H groups in total. The number of fused-ring (bicyclic) bond motifs is 1. The second-order valence-electron chi connectivity index (χ2n) is 6.88. The molecule has 0 atom stereocenters. The Bertz CT molecular complexity index is 1670. The van der Waals surface area contributed by atoms with Gasteiger partial charge in [0.1, 0.15) is 10.6 Å². The van der Waals surface area contributed by atoms with Crippen LogP contribution < -0.4 is 20.6 Å². The number of amides is 1. The van der Waals surface area contributed by atoms with E-state index in [1.54, 1.807) is 31.4 Å². The number of ether oxygens (including phenoxy) is 1. The summed E-state index contributed by atoms with van der Waals surface area (Å²) < 4.78 is 43.0. The summed E-state index contributed by atoms with van der Waals surface area (Å²) >= 11 is 0.896. The van der Waals surface area contributed by atoms with Gasteiger partial charge in [-0.3, -0.25) is 14.7 Å². The van der Waals surface area contributed by atoms with Crippen molar-refractivity contribution < 1.29 is 32.0 Å². The number of carbonyl (C=O) groups is 1. The van der Waals surface area contributed by atoms with Gasteiger partial charge in [-0.1, -0.05) is 16.4 Å². The molecule has 0 fully saturated rings. The molecule has 2 aromatic carbocycles. The van der Waals surface area contributed by atoms with Crippen LogP contribution in [0.5, 0.6) is 11.6 Å². The fourth-order valence-electron chi connectivity index (χ4n) is 3.22. The molecule has 172 valence electrons. The predicted octanol–water partition coefficient (Wildman–Crippen LogP) is 1.26. The lowest BCUT2D eigenvalue weighted by Gasteiger charge is -1.99. The van der Waals surface area contributed by atoms with E-state index < -0.39 is 26.8 Å². The van der Waals surface area contributed by atoms with Crippen LogP contribution in [-0.4, -0.2) is 46.3 Å². The maximum atomic E-state index is 12.5. The Morgan fingerprint density at radius 1 is 1.12 bits per heavy atom. The molecule has 2 aromatic heterocycles. The van der Waals surface area contributed by atoms with Gasteiger partial charge < -0.3 is 14.3 Å². The minimum Gasteiger partial charge on any atom is -0.497 e. The van der Waals surface area contributed by atoms with E-state index in [2.05, 4.69) is 25.5 Å². The van der Waals surface area contributed by atoms with Crippen LogP contribution in [0.1, 0.15) is 4.88 Å². The standard InChI is InChI=1S/C20H13N5O7S2/c1-31-10-4-2-9(3-5-10)18-24-25-19(32-18)23-20-22-17(27)15(33-20)14-12-8-11(34(28,29)30)6-7-13(12)21-16(14)26/h2-8,27H,1H3,(H,22,23,25)(H,28,29,30). The van der Waals surface area contributed by atoms with E-state index in [0.29, 0.717) is 11.3 Å². The Balaban J connectivity index is 1.48. The van der Waals surface area contributed by atoms with E-state index in [1.807, 2.05) is 0 Å². The first-order valence-electron chi connectivity index (χ1n) is 9.43. The highest BCUT2D eigenvalue weighted by atomic mass is 32.2. The van der Waals surface area contributed by atoms with Gasteiger partial charge in [0.15, 0.2) is 5.13 Å². The molecule has 0 radical (unpaired) electrons. The fraction of sp³-hybridized carbons (Fsp3) is 0.0500. The summed E-state index contributed by atoms with van der Waals surface area (Å²) in [5, 5.41) is 21.5. The van der Waals surface area contributed by atoms with E-state index in [0.717, 1.165) is 23.5 Å². The van der Waals surface area contributed by atoms with Gasteiger partial charge in [-0.25, -0.2) is 4.99 Å². The molecule has 1 aliphatic heterocycles. The van der Waals surface area contributed by atoms with Gasteiger partial charge in [-0.15, -0.1) is 5.10 Å². The quantitative estimate of drug-likeness (QED) is 0.325. The molecule has 0 saturated heterocycles. The lowest BCUT2D eigenvalue weighted by atomic mass is 10.1. The summed E-state index contributed by atoms with van der Waals surface area (Å²) in [7, 11) is -2.95. The van der Waals surface area contributed by atoms with Crippen LogP contribution in [0, 0.1) is 0 Å². The molecular formula is C20H13N5O7S2. The van der Waals surface area contributed by atoms with Crippen molar-refractivity contribution in [3.63, 3.8) is 0 Å². The largest absolute Gasteiger partial charge is 0.497 e. The summed E-state index contributed by atoms with van der Waals surface area (Å²) in [4.78, 5) is 20.0. The number of aromatic nitrogens is 3. The van der Waals surface area contributed by atoms with Crippen LogP contribution in [-0.2, 0) is 14.9 Å². The van der Waals surface area contributed by atoms with E-state index in [9.17, 15) is 22.9 Å². The van der Waals surface area contributed by atoms with E-state index >= 15 is 0 Å². The van der Waals surface area contributed by atoms with Crippen LogP contribution in [0.3, 0.4) is 0 Å². The highest BCUT2D eigenvalue weighted by Crippen LogP contribution is 2.35. The molecular weight excluding hydrogens is 486 g/mol. The Morgan fingerprint density at radius 2 is 1.88 bits per heavy atom. The second kappa shape index (κ2) is 8.02. The molecule has 1 aliphatic rings. The number of hydrogen-bond donors (Lipinski definition) is 3. The SMILES string of the molecule is COc1ccc(-c2nnc(Nc3nc(O)c(C4=c5cc(S(=O)(=O)O)ccc5=NC4=O)s3)o2)cc1. The van der Waals surface area contributed by atoms with Crippen LogP contribution in [0.4, 0.5) is 11.1 Å². The summed E-state index contributed by atoms with van der Waals surface area (Å²) in [6.45, 7) is 0. The molecule has 0 saturated carbocycles. The molecule has 34 heavy (non-hydrogen) atoms. The van der Waals surface area contributed by atoms with Crippen molar-refractivity contribution in [2.24, 2.45) is 4.99 Å². The third-order valence-corrected chi connectivity index (χ3v) is 6.61. The fourth-order valence-corrected chi connectivity index (χ4v) is 4.62. The highest BCUT2D eigenvalue weighted by molar-refractivity contribution is 7.85. The van der Waals surface area contributed by atoms with Crippen LogP contribution in [0.2, 0.25) is 0 Å². The molecule has 14 heteroatoms.